The fraction of sp³-hybridized carbons (Fsp3) is 0.655. The first kappa shape index (κ1) is 46.4. The Morgan fingerprint density at radius 1 is 0.673 bits per heavy atom. The minimum atomic E-state index is -1.63. The Labute approximate surface area is 299 Å². The number of primary amides is 2. The Morgan fingerprint density at radius 3 is 1.77 bits per heavy atom. The molecule has 8 amide bonds. The molecule has 0 saturated heterocycles. The standard InChI is InChI=1S/C29H52N12O11/c1-13(2)9-17(26(49)37-14(3)23(46)39-16(28(51)52)5-4-8-35-29(33)34)40-27(50)18(10-21(32)44)38-22(45)11-36-25(48)19(12-42)41-24(47)15(30)6-7-20(31)43/h13-19,42H,4-12,30H2,1-3H3,(H2,31,43)(H2,32,44)(H,36,48)(H,37,49)(H,38,45)(H,39,46)(H,40,50)(H,41,47)(H,51,52)(H4,33,34,35)/t14-,15-,16-,17-,18-,19-/m0/s1. The van der Waals surface area contributed by atoms with Crippen LogP contribution in [0.5, 0.6) is 0 Å². The number of aliphatic hydroxyl groups excluding tert-OH is 1. The molecule has 0 saturated carbocycles. The summed E-state index contributed by atoms with van der Waals surface area (Å²) in [5, 5.41) is 32.6. The van der Waals surface area contributed by atoms with E-state index >= 15 is 0 Å². The Morgan fingerprint density at radius 2 is 1.25 bits per heavy atom. The van der Waals surface area contributed by atoms with Crippen LogP contribution in [0, 0.1) is 5.92 Å². The molecular formula is C29H52N12O11. The van der Waals surface area contributed by atoms with E-state index in [1.165, 1.54) is 6.92 Å². The van der Waals surface area contributed by atoms with Crippen molar-refractivity contribution in [3.8, 4) is 0 Å². The van der Waals surface area contributed by atoms with E-state index in [-0.39, 0.29) is 50.5 Å². The predicted octanol–water partition coefficient (Wildman–Crippen LogP) is -6.81. The highest BCUT2D eigenvalue weighted by molar-refractivity contribution is 5.97. The van der Waals surface area contributed by atoms with Gasteiger partial charge >= 0.3 is 5.97 Å². The van der Waals surface area contributed by atoms with Crippen molar-refractivity contribution in [1.82, 2.24) is 31.9 Å². The maximum Gasteiger partial charge on any atom is 0.326 e. The molecule has 23 heteroatoms. The van der Waals surface area contributed by atoms with E-state index in [9.17, 15) is 53.4 Å². The van der Waals surface area contributed by atoms with Crippen molar-refractivity contribution in [2.75, 3.05) is 19.7 Å². The van der Waals surface area contributed by atoms with E-state index in [0.29, 0.717) is 0 Å². The lowest BCUT2D eigenvalue weighted by Gasteiger charge is -2.25. The minimum Gasteiger partial charge on any atom is -0.480 e. The molecule has 0 unspecified atom stereocenters. The lowest BCUT2D eigenvalue weighted by atomic mass is 10.0. The van der Waals surface area contributed by atoms with Gasteiger partial charge in [-0.05, 0) is 38.5 Å². The van der Waals surface area contributed by atoms with Gasteiger partial charge in [-0.2, -0.15) is 0 Å². The summed E-state index contributed by atoms with van der Waals surface area (Å²) in [6, 6.07) is -8.28. The summed E-state index contributed by atoms with van der Waals surface area (Å²) < 4.78 is 0. The van der Waals surface area contributed by atoms with Crippen LogP contribution in [0.1, 0.15) is 59.3 Å². The molecule has 18 N–H and O–H groups in total. The molecule has 0 fully saturated rings. The van der Waals surface area contributed by atoms with Crippen molar-refractivity contribution < 1.29 is 53.4 Å². The van der Waals surface area contributed by atoms with Gasteiger partial charge in [0.1, 0.15) is 30.2 Å². The van der Waals surface area contributed by atoms with Crippen LogP contribution in [0.2, 0.25) is 0 Å². The molecule has 0 aromatic rings. The highest BCUT2D eigenvalue weighted by Gasteiger charge is 2.31. The second kappa shape index (κ2) is 23.8. The zero-order valence-electron chi connectivity index (χ0n) is 29.3. The SMILES string of the molecule is CC(C)C[C@H](NC(=O)[C@H](CC(N)=O)NC(=O)CNC(=O)[C@H](CO)NC(=O)[C@@H](N)CCC(N)=O)C(=O)N[C@@H](C)C(=O)N[C@@H](CCCN=C(N)N)C(=O)O. The number of carbonyl (C=O) groups excluding carboxylic acids is 8. The van der Waals surface area contributed by atoms with Crippen molar-refractivity contribution in [1.29, 1.82) is 0 Å². The number of aliphatic carboxylic acids is 1. The zero-order valence-corrected chi connectivity index (χ0v) is 29.3. The molecular weight excluding hydrogens is 692 g/mol. The van der Waals surface area contributed by atoms with Gasteiger partial charge in [0, 0.05) is 13.0 Å². The number of carboxylic acid groups (broad SMARTS) is 1. The summed E-state index contributed by atoms with van der Waals surface area (Å²) in [5.74, 6) is -9.02. The van der Waals surface area contributed by atoms with E-state index in [0.717, 1.165) is 0 Å². The van der Waals surface area contributed by atoms with Gasteiger partial charge < -0.3 is 70.8 Å². The third-order valence-corrected chi connectivity index (χ3v) is 6.99. The van der Waals surface area contributed by atoms with Crippen molar-refractivity contribution in [3.63, 3.8) is 0 Å². The van der Waals surface area contributed by atoms with Crippen LogP contribution in [0.25, 0.3) is 0 Å². The zero-order chi connectivity index (χ0) is 40.1. The smallest absolute Gasteiger partial charge is 0.326 e. The lowest BCUT2D eigenvalue weighted by molar-refractivity contribution is -0.142. The molecule has 0 aliphatic carbocycles. The van der Waals surface area contributed by atoms with E-state index < -0.39 is 109 Å². The van der Waals surface area contributed by atoms with E-state index in [2.05, 4.69) is 36.9 Å². The Balaban J connectivity index is 5.49. The first-order valence-corrected chi connectivity index (χ1v) is 16.2. The molecule has 52 heavy (non-hydrogen) atoms. The Bertz CT molecular complexity index is 1320. The van der Waals surface area contributed by atoms with Gasteiger partial charge in [-0.25, -0.2) is 4.79 Å². The van der Waals surface area contributed by atoms with Gasteiger partial charge in [-0.15, -0.1) is 0 Å². The maximum atomic E-state index is 13.2. The number of nitrogens with zero attached hydrogens (tertiary/aromatic N) is 1. The summed E-state index contributed by atoms with van der Waals surface area (Å²) in [6.45, 7) is 3.17. The number of carbonyl (C=O) groups is 9. The van der Waals surface area contributed by atoms with E-state index in [1.54, 1.807) is 13.8 Å². The van der Waals surface area contributed by atoms with Crippen molar-refractivity contribution in [3.05, 3.63) is 0 Å². The van der Waals surface area contributed by atoms with Gasteiger partial charge in [0.05, 0.1) is 25.6 Å². The molecule has 0 spiro atoms. The molecule has 0 bridgehead atoms. The number of carboxylic acids is 1. The number of hydrogen-bond acceptors (Lipinski definition) is 12. The Hall–Kier alpha value is -5.58. The topological polar surface area (TPSA) is 409 Å². The van der Waals surface area contributed by atoms with Crippen LogP contribution in [0.15, 0.2) is 4.99 Å². The normalized spacial score (nSPS) is 14.2. The summed E-state index contributed by atoms with van der Waals surface area (Å²) in [6.07, 6.45) is -0.818. The van der Waals surface area contributed by atoms with Gasteiger partial charge in [0.25, 0.3) is 0 Å². The number of amides is 8. The number of nitrogens with one attached hydrogen (secondary N) is 6. The van der Waals surface area contributed by atoms with Crippen LogP contribution in [0.4, 0.5) is 0 Å². The number of guanidine groups is 1. The average molecular weight is 745 g/mol. The molecule has 0 rings (SSSR count). The van der Waals surface area contributed by atoms with Gasteiger partial charge in [-0.1, -0.05) is 13.8 Å². The van der Waals surface area contributed by atoms with E-state index in [1.807, 2.05) is 0 Å². The van der Waals surface area contributed by atoms with Crippen LogP contribution in [-0.4, -0.2) is 125 Å². The third kappa shape index (κ3) is 19.6. The molecule has 6 atom stereocenters. The van der Waals surface area contributed by atoms with Crippen molar-refractivity contribution >= 4 is 59.2 Å². The number of nitrogens with two attached hydrogens (primary N) is 5. The second-order valence-electron chi connectivity index (χ2n) is 12.1. The van der Waals surface area contributed by atoms with E-state index in [4.69, 9.17) is 28.7 Å². The van der Waals surface area contributed by atoms with Gasteiger partial charge in [0.15, 0.2) is 5.96 Å². The molecule has 294 valence electrons. The van der Waals surface area contributed by atoms with Crippen LogP contribution < -0.4 is 60.6 Å². The fourth-order valence-corrected chi connectivity index (χ4v) is 4.26. The summed E-state index contributed by atoms with van der Waals surface area (Å²) >= 11 is 0. The summed E-state index contributed by atoms with van der Waals surface area (Å²) in [4.78, 5) is 114. The lowest BCUT2D eigenvalue weighted by Crippen LogP contribution is -2.58. The van der Waals surface area contributed by atoms with Gasteiger partial charge in [-0.3, -0.25) is 43.3 Å². The second-order valence-corrected chi connectivity index (χ2v) is 12.1. The molecule has 0 aromatic heterocycles. The molecule has 0 aromatic carbocycles. The number of rotatable bonds is 25. The van der Waals surface area contributed by atoms with Crippen molar-refractivity contribution in [2.24, 2.45) is 39.6 Å². The van der Waals surface area contributed by atoms with Crippen LogP contribution in [0.3, 0.4) is 0 Å². The molecule has 0 heterocycles. The molecule has 23 nitrogen and oxygen atoms in total. The highest BCUT2D eigenvalue weighted by atomic mass is 16.4. The average Bonchev–Trinajstić information content (AvgIpc) is 3.04. The molecule has 0 radical (unpaired) electrons. The van der Waals surface area contributed by atoms with Gasteiger partial charge in [0.2, 0.25) is 47.3 Å². The van der Waals surface area contributed by atoms with Crippen LogP contribution >= 0.6 is 0 Å². The predicted molar refractivity (Wildman–Crippen MR) is 183 cm³/mol. The Kier molecular flexibility index (Phi) is 21.2. The monoisotopic (exact) mass is 744 g/mol. The number of hydrogen-bond donors (Lipinski definition) is 13. The third-order valence-electron chi connectivity index (χ3n) is 6.99. The first-order chi connectivity index (χ1) is 24.2. The fourth-order valence-electron chi connectivity index (χ4n) is 4.26. The largest absolute Gasteiger partial charge is 0.480 e. The highest BCUT2D eigenvalue weighted by Crippen LogP contribution is 2.07. The first-order valence-electron chi connectivity index (χ1n) is 16.2. The molecule has 0 aliphatic heterocycles. The number of aliphatic hydroxyl groups is 1. The summed E-state index contributed by atoms with van der Waals surface area (Å²) in [7, 11) is 0. The van der Waals surface area contributed by atoms with Crippen LogP contribution in [-0.2, 0) is 43.2 Å². The van der Waals surface area contributed by atoms with Crippen molar-refractivity contribution in [2.45, 2.75) is 95.5 Å². The summed E-state index contributed by atoms with van der Waals surface area (Å²) in [5.41, 5.74) is 26.4. The quantitative estimate of drug-likeness (QED) is 0.0235. The maximum absolute atomic E-state index is 13.2. The number of aliphatic imine (C=N–C) groups is 1. The molecule has 0 aliphatic rings. The minimum absolute atomic E-state index is 0.0197.